The number of carbonyl (C=O) groups is 2. The summed E-state index contributed by atoms with van der Waals surface area (Å²) in [5.41, 5.74) is 2.32. The van der Waals surface area contributed by atoms with Gasteiger partial charge in [-0.25, -0.2) is 4.79 Å². The number of nitrogens with one attached hydrogen (secondary N) is 1. The lowest BCUT2D eigenvalue weighted by Crippen LogP contribution is -2.20. The van der Waals surface area contributed by atoms with Crippen LogP contribution in [0.25, 0.3) is 0 Å². The summed E-state index contributed by atoms with van der Waals surface area (Å²) < 4.78 is 10.1. The maximum absolute atomic E-state index is 12.4. The first-order valence-corrected chi connectivity index (χ1v) is 6.48. The molecule has 0 saturated heterocycles. The first-order valence-electron chi connectivity index (χ1n) is 6.48. The molecule has 0 saturated carbocycles. The third-order valence-electron chi connectivity index (χ3n) is 3.76. The largest absolute Gasteiger partial charge is 0.469 e. The van der Waals surface area contributed by atoms with Gasteiger partial charge in [-0.3, -0.25) is 4.79 Å². The van der Waals surface area contributed by atoms with Crippen molar-refractivity contribution in [1.82, 2.24) is 4.98 Å². The minimum Gasteiger partial charge on any atom is -0.469 e. The van der Waals surface area contributed by atoms with Gasteiger partial charge in [0.15, 0.2) is 5.78 Å². The van der Waals surface area contributed by atoms with Crippen LogP contribution in [-0.4, -0.2) is 23.8 Å². The SMILES string of the molecule is COC(=O)c1c(C)[nH]c2c1C(=O)CC(c1ccco1)C2. The summed E-state index contributed by atoms with van der Waals surface area (Å²) in [6.07, 6.45) is 2.61. The average molecular weight is 273 g/mol. The van der Waals surface area contributed by atoms with Crippen LogP contribution in [-0.2, 0) is 11.2 Å². The molecule has 104 valence electrons. The van der Waals surface area contributed by atoms with Gasteiger partial charge in [0.25, 0.3) is 0 Å². The molecule has 2 aromatic heterocycles. The van der Waals surface area contributed by atoms with Gasteiger partial charge in [0.05, 0.1) is 24.5 Å². The maximum atomic E-state index is 12.4. The Balaban J connectivity index is 2.03. The van der Waals surface area contributed by atoms with Crippen LogP contribution in [0.4, 0.5) is 0 Å². The van der Waals surface area contributed by atoms with E-state index in [0.717, 1.165) is 11.5 Å². The summed E-state index contributed by atoms with van der Waals surface area (Å²) in [7, 11) is 1.32. The molecule has 1 N–H and O–H groups in total. The van der Waals surface area contributed by atoms with Gasteiger partial charge in [-0.1, -0.05) is 0 Å². The second-order valence-electron chi connectivity index (χ2n) is 5.01. The Bertz CT molecular complexity index is 666. The highest BCUT2D eigenvalue weighted by molar-refractivity contribution is 6.09. The number of furan rings is 1. The van der Waals surface area contributed by atoms with E-state index in [0.29, 0.717) is 29.7 Å². The highest BCUT2D eigenvalue weighted by Crippen LogP contribution is 2.35. The van der Waals surface area contributed by atoms with E-state index in [1.165, 1.54) is 7.11 Å². The van der Waals surface area contributed by atoms with E-state index in [1.54, 1.807) is 13.2 Å². The van der Waals surface area contributed by atoms with Crippen LogP contribution >= 0.6 is 0 Å². The summed E-state index contributed by atoms with van der Waals surface area (Å²) in [6, 6.07) is 3.69. The Kier molecular flexibility index (Phi) is 2.97. The Morgan fingerprint density at radius 3 is 2.90 bits per heavy atom. The molecule has 0 aliphatic heterocycles. The molecule has 0 fully saturated rings. The van der Waals surface area contributed by atoms with Crippen molar-refractivity contribution in [3.8, 4) is 0 Å². The Labute approximate surface area is 115 Å². The summed E-state index contributed by atoms with van der Waals surface area (Å²) in [5.74, 6) is 0.312. The molecular weight excluding hydrogens is 258 g/mol. The summed E-state index contributed by atoms with van der Waals surface area (Å²) in [6.45, 7) is 1.78. The van der Waals surface area contributed by atoms with Crippen LogP contribution in [0.15, 0.2) is 22.8 Å². The number of hydrogen-bond donors (Lipinski definition) is 1. The number of carbonyl (C=O) groups excluding carboxylic acids is 2. The number of Topliss-reactive ketones (excluding diaryl/α,β-unsaturated/α-hetero) is 1. The molecule has 1 unspecified atom stereocenters. The Morgan fingerprint density at radius 1 is 1.45 bits per heavy atom. The molecule has 20 heavy (non-hydrogen) atoms. The molecule has 0 spiro atoms. The molecule has 1 aliphatic rings. The topological polar surface area (TPSA) is 72.3 Å². The predicted octanol–water partition coefficient (Wildman–Crippen LogP) is 2.62. The smallest absolute Gasteiger partial charge is 0.340 e. The molecule has 1 atom stereocenters. The molecule has 5 nitrogen and oxygen atoms in total. The molecule has 0 radical (unpaired) electrons. The van der Waals surface area contributed by atoms with Crippen molar-refractivity contribution in [2.45, 2.75) is 25.7 Å². The van der Waals surface area contributed by atoms with Crippen molar-refractivity contribution in [3.63, 3.8) is 0 Å². The zero-order chi connectivity index (χ0) is 14.3. The Hall–Kier alpha value is -2.30. The van der Waals surface area contributed by atoms with E-state index in [-0.39, 0.29) is 11.7 Å². The molecule has 1 aliphatic carbocycles. The van der Waals surface area contributed by atoms with Crippen LogP contribution in [0.2, 0.25) is 0 Å². The number of ether oxygens (including phenoxy) is 1. The maximum Gasteiger partial charge on any atom is 0.340 e. The van der Waals surface area contributed by atoms with Crippen LogP contribution in [0, 0.1) is 6.92 Å². The fraction of sp³-hybridized carbons (Fsp3) is 0.333. The van der Waals surface area contributed by atoms with E-state index in [1.807, 2.05) is 12.1 Å². The first kappa shape index (κ1) is 12.7. The quantitative estimate of drug-likeness (QED) is 0.854. The summed E-state index contributed by atoms with van der Waals surface area (Å²) in [4.78, 5) is 27.3. The van der Waals surface area contributed by atoms with Crippen LogP contribution < -0.4 is 0 Å². The highest BCUT2D eigenvalue weighted by atomic mass is 16.5. The number of fused-ring (bicyclic) bond motifs is 1. The average Bonchev–Trinajstić information content (AvgIpc) is 3.04. The minimum absolute atomic E-state index is 0.0218. The molecule has 5 heteroatoms. The number of rotatable bonds is 2. The number of H-pyrrole nitrogens is 1. The van der Waals surface area contributed by atoms with Crippen LogP contribution in [0.3, 0.4) is 0 Å². The van der Waals surface area contributed by atoms with E-state index in [2.05, 4.69) is 4.98 Å². The van der Waals surface area contributed by atoms with Gasteiger partial charge < -0.3 is 14.1 Å². The predicted molar refractivity (Wildman–Crippen MR) is 71.0 cm³/mol. The van der Waals surface area contributed by atoms with Crippen molar-refractivity contribution in [2.24, 2.45) is 0 Å². The van der Waals surface area contributed by atoms with Crippen molar-refractivity contribution in [3.05, 3.63) is 46.7 Å². The van der Waals surface area contributed by atoms with Crippen LogP contribution in [0.5, 0.6) is 0 Å². The van der Waals surface area contributed by atoms with Crippen molar-refractivity contribution in [2.75, 3.05) is 7.11 Å². The molecule has 2 aromatic rings. The minimum atomic E-state index is -0.468. The Morgan fingerprint density at radius 2 is 2.25 bits per heavy atom. The number of hydrogen-bond acceptors (Lipinski definition) is 4. The second-order valence-corrected chi connectivity index (χ2v) is 5.01. The van der Waals surface area contributed by atoms with E-state index in [9.17, 15) is 9.59 Å². The standard InChI is InChI=1S/C15H15NO4/c1-8-13(15(18)19-2)14-10(16-8)6-9(7-11(14)17)12-4-3-5-20-12/h3-5,9,16H,6-7H2,1-2H3. The molecule has 0 amide bonds. The van der Waals surface area contributed by atoms with Gasteiger partial charge in [-0.15, -0.1) is 0 Å². The first-order chi connectivity index (χ1) is 9.61. The molecule has 3 rings (SSSR count). The number of ketones is 1. The third kappa shape index (κ3) is 1.86. The molecule has 0 bridgehead atoms. The number of methoxy groups -OCH3 is 1. The molecule has 0 aromatic carbocycles. The number of aryl methyl sites for hydroxylation is 1. The summed E-state index contributed by atoms with van der Waals surface area (Å²) in [5, 5.41) is 0. The lowest BCUT2D eigenvalue weighted by Gasteiger charge is -2.19. The second kappa shape index (κ2) is 4.67. The van der Waals surface area contributed by atoms with Gasteiger partial charge in [-0.2, -0.15) is 0 Å². The number of aromatic nitrogens is 1. The zero-order valence-electron chi connectivity index (χ0n) is 11.4. The summed E-state index contributed by atoms with van der Waals surface area (Å²) >= 11 is 0. The van der Waals surface area contributed by atoms with Gasteiger partial charge in [0.1, 0.15) is 5.76 Å². The van der Waals surface area contributed by atoms with E-state index < -0.39 is 5.97 Å². The number of esters is 1. The van der Waals surface area contributed by atoms with Gasteiger partial charge in [0.2, 0.25) is 0 Å². The lowest BCUT2D eigenvalue weighted by atomic mass is 9.84. The van der Waals surface area contributed by atoms with Crippen molar-refractivity contribution < 1.29 is 18.7 Å². The lowest BCUT2D eigenvalue weighted by molar-refractivity contribution is 0.0596. The fourth-order valence-electron chi connectivity index (χ4n) is 2.88. The van der Waals surface area contributed by atoms with Crippen molar-refractivity contribution >= 4 is 11.8 Å². The van der Waals surface area contributed by atoms with Crippen LogP contribution in [0.1, 0.15) is 50.2 Å². The molecular formula is C15H15NO4. The fourth-order valence-corrected chi connectivity index (χ4v) is 2.88. The van der Waals surface area contributed by atoms with Crippen molar-refractivity contribution in [1.29, 1.82) is 0 Å². The van der Waals surface area contributed by atoms with Gasteiger partial charge >= 0.3 is 5.97 Å². The van der Waals surface area contributed by atoms with Gasteiger partial charge in [0, 0.05) is 23.7 Å². The number of aromatic amines is 1. The van der Waals surface area contributed by atoms with E-state index in [4.69, 9.17) is 9.15 Å². The van der Waals surface area contributed by atoms with Gasteiger partial charge in [-0.05, 0) is 25.5 Å². The normalized spacial score (nSPS) is 17.9. The third-order valence-corrected chi connectivity index (χ3v) is 3.76. The monoisotopic (exact) mass is 273 g/mol. The highest BCUT2D eigenvalue weighted by Gasteiger charge is 2.34. The van der Waals surface area contributed by atoms with E-state index >= 15 is 0 Å². The zero-order valence-corrected chi connectivity index (χ0v) is 11.4. The molecule has 2 heterocycles.